The lowest BCUT2D eigenvalue weighted by atomic mass is 10.1. The Hall–Kier alpha value is -1.34. The lowest BCUT2D eigenvalue weighted by molar-refractivity contribution is -0.139. The summed E-state index contributed by atoms with van der Waals surface area (Å²) in [6.45, 7) is 4.01. The maximum atomic E-state index is 12.3. The van der Waals surface area contributed by atoms with Gasteiger partial charge in [0, 0.05) is 26.2 Å². The summed E-state index contributed by atoms with van der Waals surface area (Å²) in [4.78, 5) is 26.3. The van der Waals surface area contributed by atoms with Crippen molar-refractivity contribution in [1.29, 1.82) is 0 Å². The van der Waals surface area contributed by atoms with Crippen molar-refractivity contribution in [3.05, 3.63) is 0 Å². The van der Waals surface area contributed by atoms with Gasteiger partial charge in [0.25, 0.3) is 0 Å². The SMILES string of the molecule is CCN(CCCO)C(=O)N1CCOCC1CC(=O)O. The van der Waals surface area contributed by atoms with Crippen LogP contribution in [-0.4, -0.2) is 77.5 Å². The molecule has 2 N–H and O–H groups in total. The number of hydrogen-bond acceptors (Lipinski definition) is 4. The average Bonchev–Trinajstić information content (AvgIpc) is 2.39. The fourth-order valence-electron chi connectivity index (χ4n) is 2.11. The number of carboxylic acids is 1. The molecule has 1 atom stereocenters. The Kier molecular flexibility index (Phi) is 6.58. The van der Waals surface area contributed by atoms with E-state index in [0.29, 0.717) is 32.7 Å². The third-order valence-electron chi connectivity index (χ3n) is 3.12. The van der Waals surface area contributed by atoms with E-state index in [1.54, 1.807) is 9.80 Å². The van der Waals surface area contributed by atoms with Gasteiger partial charge in [-0.25, -0.2) is 4.79 Å². The topological polar surface area (TPSA) is 90.3 Å². The third-order valence-corrected chi connectivity index (χ3v) is 3.12. The van der Waals surface area contributed by atoms with Gasteiger partial charge in [0.2, 0.25) is 0 Å². The fraction of sp³-hybridized carbons (Fsp3) is 0.833. The van der Waals surface area contributed by atoms with E-state index in [2.05, 4.69) is 0 Å². The van der Waals surface area contributed by atoms with Crippen molar-refractivity contribution in [2.75, 3.05) is 39.5 Å². The van der Waals surface area contributed by atoms with Crippen LogP contribution in [0, 0.1) is 0 Å². The van der Waals surface area contributed by atoms with Crippen molar-refractivity contribution < 1.29 is 24.5 Å². The molecule has 1 heterocycles. The number of hydrogen-bond donors (Lipinski definition) is 2. The third kappa shape index (κ3) is 4.68. The molecule has 1 unspecified atom stereocenters. The van der Waals surface area contributed by atoms with Crippen LogP contribution in [0.4, 0.5) is 4.79 Å². The molecule has 0 aromatic carbocycles. The molecule has 1 fully saturated rings. The number of carbonyl (C=O) groups excluding carboxylic acids is 1. The predicted octanol–water partition coefficient (Wildman–Crippen LogP) is -0.0138. The zero-order valence-electron chi connectivity index (χ0n) is 11.2. The van der Waals surface area contributed by atoms with Gasteiger partial charge in [-0.05, 0) is 13.3 Å². The van der Waals surface area contributed by atoms with Gasteiger partial charge in [0.15, 0.2) is 0 Å². The number of rotatable bonds is 6. The van der Waals surface area contributed by atoms with Gasteiger partial charge in [-0.1, -0.05) is 0 Å². The highest BCUT2D eigenvalue weighted by Gasteiger charge is 2.31. The van der Waals surface area contributed by atoms with Crippen molar-refractivity contribution in [1.82, 2.24) is 9.80 Å². The highest BCUT2D eigenvalue weighted by Crippen LogP contribution is 2.13. The van der Waals surface area contributed by atoms with Gasteiger partial charge in [-0.15, -0.1) is 0 Å². The molecule has 110 valence electrons. The van der Waals surface area contributed by atoms with Crippen molar-refractivity contribution >= 4 is 12.0 Å². The molecule has 0 radical (unpaired) electrons. The molecule has 0 aliphatic carbocycles. The van der Waals surface area contributed by atoms with Gasteiger partial charge >= 0.3 is 12.0 Å². The molecule has 1 aliphatic heterocycles. The first kappa shape index (κ1) is 15.7. The van der Waals surface area contributed by atoms with Crippen LogP contribution in [-0.2, 0) is 9.53 Å². The molecule has 7 heteroatoms. The molecule has 0 aromatic rings. The van der Waals surface area contributed by atoms with E-state index in [-0.39, 0.29) is 25.7 Å². The second-order valence-electron chi connectivity index (χ2n) is 4.46. The average molecular weight is 274 g/mol. The molecule has 19 heavy (non-hydrogen) atoms. The zero-order valence-corrected chi connectivity index (χ0v) is 11.2. The monoisotopic (exact) mass is 274 g/mol. The van der Waals surface area contributed by atoms with Gasteiger partial charge < -0.3 is 24.7 Å². The van der Waals surface area contributed by atoms with Gasteiger partial charge in [0.05, 0.1) is 25.7 Å². The number of aliphatic hydroxyl groups excluding tert-OH is 1. The summed E-state index contributed by atoms with van der Waals surface area (Å²) in [5.41, 5.74) is 0. The first-order valence-electron chi connectivity index (χ1n) is 6.56. The quantitative estimate of drug-likeness (QED) is 0.710. The number of urea groups is 1. The summed E-state index contributed by atoms with van der Waals surface area (Å²) < 4.78 is 5.24. The van der Waals surface area contributed by atoms with Crippen LogP contribution in [0.15, 0.2) is 0 Å². The van der Waals surface area contributed by atoms with Crippen LogP contribution in [0.25, 0.3) is 0 Å². The number of nitrogens with zero attached hydrogens (tertiary/aromatic N) is 2. The predicted molar refractivity (Wildman–Crippen MR) is 67.9 cm³/mol. The van der Waals surface area contributed by atoms with E-state index in [9.17, 15) is 9.59 Å². The molecule has 2 amide bonds. The van der Waals surface area contributed by atoms with Crippen LogP contribution in [0.1, 0.15) is 19.8 Å². The van der Waals surface area contributed by atoms with Gasteiger partial charge in [-0.2, -0.15) is 0 Å². The normalized spacial score (nSPS) is 19.3. The minimum Gasteiger partial charge on any atom is -0.481 e. The van der Waals surface area contributed by atoms with E-state index < -0.39 is 12.0 Å². The molecule has 1 aliphatic rings. The first-order chi connectivity index (χ1) is 9.10. The summed E-state index contributed by atoms with van der Waals surface area (Å²) in [5, 5.41) is 17.7. The Morgan fingerprint density at radius 3 is 2.79 bits per heavy atom. The van der Waals surface area contributed by atoms with Crippen molar-refractivity contribution in [3.63, 3.8) is 0 Å². The molecule has 1 saturated heterocycles. The highest BCUT2D eigenvalue weighted by atomic mass is 16.5. The number of aliphatic hydroxyl groups is 1. The van der Waals surface area contributed by atoms with E-state index in [1.165, 1.54) is 0 Å². The summed E-state index contributed by atoms with van der Waals surface area (Å²) in [7, 11) is 0. The van der Waals surface area contributed by atoms with E-state index in [4.69, 9.17) is 14.9 Å². The Morgan fingerprint density at radius 2 is 2.21 bits per heavy atom. The fourth-order valence-corrected chi connectivity index (χ4v) is 2.11. The molecule has 0 bridgehead atoms. The first-order valence-corrected chi connectivity index (χ1v) is 6.56. The number of amides is 2. The zero-order chi connectivity index (χ0) is 14.3. The molecule has 7 nitrogen and oxygen atoms in total. The number of morpholine rings is 1. The molecule has 1 rings (SSSR count). The number of aliphatic carboxylic acids is 1. The summed E-state index contributed by atoms with van der Waals surface area (Å²) >= 11 is 0. The largest absolute Gasteiger partial charge is 0.481 e. The standard InChI is InChI=1S/C12H22N2O5/c1-2-13(4-3-6-15)12(18)14-5-7-19-9-10(14)8-11(16)17/h10,15H,2-9H2,1H3,(H,16,17). The molecule has 0 spiro atoms. The number of carbonyl (C=O) groups is 2. The molecule has 0 aromatic heterocycles. The number of ether oxygens (including phenoxy) is 1. The lowest BCUT2D eigenvalue weighted by Gasteiger charge is -2.38. The summed E-state index contributed by atoms with van der Waals surface area (Å²) in [5.74, 6) is -0.938. The second kappa shape index (κ2) is 7.96. The molecule has 0 saturated carbocycles. The lowest BCUT2D eigenvalue weighted by Crippen LogP contribution is -2.54. The van der Waals surface area contributed by atoms with Gasteiger partial charge in [-0.3, -0.25) is 4.79 Å². The maximum Gasteiger partial charge on any atom is 0.320 e. The summed E-state index contributed by atoms with van der Waals surface area (Å²) in [6.07, 6.45) is 0.414. The van der Waals surface area contributed by atoms with Crippen molar-refractivity contribution in [3.8, 4) is 0 Å². The Bertz CT molecular complexity index is 310. The molecular weight excluding hydrogens is 252 g/mol. The number of carboxylic acid groups (broad SMARTS) is 1. The van der Waals surface area contributed by atoms with E-state index >= 15 is 0 Å². The van der Waals surface area contributed by atoms with Crippen molar-refractivity contribution in [2.24, 2.45) is 0 Å². The summed E-state index contributed by atoms with van der Waals surface area (Å²) in [6, 6.07) is -0.590. The smallest absolute Gasteiger partial charge is 0.320 e. The van der Waals surface area contributed by atoms with Gasteiger partial charge in [0.1, 0.15) is 0 Å². The van der Waals surface area contributed by atoms with Crippen LogP contribution in [0.5, 0.6) is 0 Å². The maximum absolute atomic E-state index is 12.3. The van der Waals surface area contributed by atoms with Crippen LogP contribution in [0.3, 0.4) is 0 Å². The Balaban J connectivity index is 2.66. The minimum absolute atomic E-state index is 0.0332. The minimum atomic E-state index is -0.938. The van der Waals surface area contributed by atoms with E-state index in [0.717, 1.165) is 0 Å². The van der Waals surface area contributed by atoms with Crippen LogP contribution >= 0.6 is 0 Å². The van der Waals surface area contributed by atoms with E-state index in [1.807, 2.05) is 6.92 Å². The molecular formula is C12H22N2O5. The Morgan fingerprint density at radius 1 is 1.47 bits per heavy atom. The van der Waals surface area contributed by atoms with Crippen LogP contribution in [0.2, 0.25) is 0 Å². The second-order valence-corrected chi connectivity index (χ2v) is 4.46. The highest BCUT2D eigenvalue weighted by molar-refractivity contribution is 5.76. The van der Waals surface area contributed by atoms with Crippen molar-refractivity contribution in [2.45, 2.75) is 25.8 Å². The van der Waals surface area contributed by atoms with Crippen LogP contribution < -0.4 is 0 Å². The Labute approximate surface area is 112 Å².